The zero-order valence-electron chi connectivity index (χ0n) is 18.3. The van der Waals surface area contributed by atoms with Crippen molar-refractivity contribution in [2.24, 2.45) is 0 Å². The Morgan fingerprint density at radius 1 is 1.06 bits per heavy atom. The molecule has 1 fully saturated rings. The maximum atomic E-state index is 12.5. The fraction of sp³-hybridized carbons (Fsp3) is 0.333. The number of fused-ring (bicyclic) bond motifs is 2. The molecule has 0 radical (unpaired) electrons. The molecule has 1 atom stereocenters. The molecule has 170 valence electrons. The van der Waals surface area contributed by atoms with Gasteiger partial charge in [-0.05, 0) is 18.2 Å². The van der Waals surface area contributed by atoms with E-state index >= 15 is 0 Å². The van der Waals surface area contributed by atoms with Crippen LogP contribution in [0.3, 0.4) is 0 Å². The molecule has 1 aliphatic heterocycles. The molecule has 2 aromatic carbocycles. The lowest BCUT2D eigenvalue weighted by Crippen LogP contribution is -2.25. The molecule has 0 amide bonds. The van der Waals surface area contributed by atoms with E-state index in [9.17, 15) is 4.39 Å². The number of ether oxygens (including phenoxy) is 3. The van der Waals surface area contributed by atoms with Crippen molar-refractivity contribution in [3.05, 3.63) is 48.9 Å². The number of halogens is 1. The van der Waals surface area contributed by atoms with Crippen LogP contribution in [0.5, 0.6) is 17.4 Å². The fourth-order valence-corrected chi connectivity index (χ4v) is 4.00. The molecule has 3 heterocycles. The third kappa shape index (κ3) is 4.44. The summed E-state index contributed by atoms with van der Waals surface area (Å²) in [6.45, 7) is 1.28. The molecule has 0 aliphatic carbocycles. The first-order valence-corrected chi connectivity index (χ1v) is 10.9. The summed E-state index contributed by atoms with van der Waals surface area (Å²) in [5.41, 5.74) is 2.39. The van der Waals surface area contributed by atoms with Crippen LogP contribution in [0.1, 0.15) is 12.8 Å². The van der Waals surface area contributed by atoms with Crippen molar-refractivity contribution < 1.29 is 18.6 Å². The van der Waals surface area contributed by atoms with Crippen molar-refractivity contribution >= 4 is 27.8 Å². The summed E-state index contributed by atoms with van der Waals surface area (Å²) in [5.74, 6) is 2.42. The van der Waals surface area contributed by atoms with E-state index in [0.717, 1.165) is 40.7 Å². The molecule has 33 heavy (non-hydrogen) atoms. The van der Waals surface area contributed by atoms with Crippen LogP contribution in [-0.2, 0) is 0 Å². The van der Waals surface area contributed by atoms with E-state index < -0.39 is 6.67 Å². The number of hydrogen-bond donors (Lipinski definition) is 0. The largest absolute Gasteiger partial charge is 0.493 e. The van der Waals surface area contributed by atoms with E-state index in [-0.39, 0.29) is 12.7 Å². The Kier molecular flexibility index (Phi) is 6.01. The summed E-state index contributed by atoms with van der Waals surface area (Å²) in [6, 6.07) is 11.4. The highest BCUT2D eigenvalue weighted by Crippen LogP contribution is 2.36. The van der Waals surface area contributed by atoms with Crippen molar-refractivity contribution in [3.63, 3.8) is 0 Å². The Hall–Kier alpha value is -3.75. The SMILES string of the molecule is COc1cc2ncnc(N3CC[C@@H](Oc4cnc5ccccc5n4)C3)c2cc1OCCCF. The van der Waals surface area contributed by atoms with E-state index in [4.69, 9.17) is 14.2 Å². The molecule has 0 unspecified atom stereocenters. The van der Waals surface area contributed by atoms with Crippen LogP contribution in [0.4, 0.5) is 10.2 Å². The summed E-state index contributed by atoms with van der Waals surface area (Å²) in [7, 11) is 1.57. The first-order valence-electron chi connectivity index (χ1n) is 10.9. The summed E-state index contributed by atoms with van der Waals surface area (Å²) in [4.78, 5) is 20.1. The van der Waals surface area contributed by atoms with Gasteiger partial charge in [-0.1, -0.05) is 12.1 Å². The molecule has 1 aliphatic rings. The topological polar surface area (TPSA) is 82.5 Å². The van der Waals surface area contributed by atoms with Gasteiger partial charge in [-0.3, -0.25) is 4.39 Å². The van der Waals surface area contributed by atoms with Gasteiger partial charge in [-0.25, -0.2) is 19.9 Å². The van der Waals surface area contributed by atoms with Crippen molar-refractivity contribution in [1.29, 1.82) is 0 Å². The Labute approximate surface area is 190 Å². The van der Waals surface area contributed by atoms with Gasteiger partial charge in [-0.2, -0.15) is 0 Å². The molecule has 0 saturated carbocycles. The summed E-state index contributed by atoms with van der Waals surface area (Å²) < 4.78 is 29.8. The molecular formula is C24H24FN5O3. The van der Waals surface area contributed by atoms with Gasteiger partial charge in [0.25, 0.3) is 0 Å². The van der Waals surface area contributed by atoms with Gasteiger partial charge in [0.05, 0.1) is 49.7 Å². The first kappa shape index (κ1) is 21.1. The number of benzene rings is 2. The van der Waals surface area contributed by atoms with Crippen LogP contribution in [0.15, 0.2) is 48.9 Å². The second-order valence-corrected chi connectivity index (χ2v) is 7.78. The van der Waals surface area contributed by atoms with E-state index in [1.54, 1.807) is 19.6 Å². The third-order valence-electron chi connectivity index (χ3n) is 5.59. The lowest BCUT2D eigenvalue weighted by atomic mass is 10.2. The Bertz CT molecular complexity index is 1270. The second kappa shape index (κ2) is 9.40. The zero-order valence-corrected chi connectivity index (χ0v) is 18.3. The van der Waals surface area contributed by atoms with E-state index in [0.29, 0.717) is 30.3 Å². The average Bonchev–Trinajstić information content (AvgIpc) is 3.31. The van der Waals surface area contributed by atoms with Crippen LogP contribution in [0.25, 0.3) is 21.9 Å². The highest BCUT2D eigenvalue weighted by Gasteiger charge is 2.27. The normalized spacial score (nSPS) is 15.8. The van der Waals surface area contributed by atoms with Crippen LogP contribution < -0.4 is 19.1 Å². The minimum Gasteiger partial charge on any atom is -0.493 e. The summed E-state index contributed by atoms with van der Waals surface area (Å²) in [5, 5.41) is 0.847. The lowest BCUT2D eigenvalue weighted by Gasteiger charge is -2.20. The molecular weight excluding hydrogens is 425 g/mol. The van der Waals surface area contributed by atoms with Crippen LogP contribution in [0, 0.1) is 0 Å². The van der Waals surface area contributed by atoms with Crippen LogP contribution in [-0.4, -0.2) is 59.5 Å². The van der Waals surface area contributed by atoms with E-state index in [2.05, 4.69) is 24.8 Å². The Morgan fingerprint density at radius 3 is 2.79 bits per heavy atom. The highest BCUT2D eigenvalue weighted by atomic mass is 19.1. The number of rotatable bonds is 8. The molecule has 5 rings (SSSR count). The number of nitrogens with zero attached hydrogens (tertiary/aromatic N) is 5. The monoisotopic (exact) mass is 449 g/mol. The summed E-state index contributed by atoms with van der Waals surface area (Å²) >= 11 is 0. The van der Waals surface area contributed by atoms with Crippen molar-refractivity contribution in [2.45, 2.75) is 18.9 Å². The zero-order chi connectivity index (χ0) is 22.6. The lowest BCUT2D eigenvalue weighted by molar-refractivity contribution is 0.216. The highest BCUT2D eigenvalue weighted by molar-refractivity contribution is 5.92. The maximum Gasteiger partial charge on any atom is 0.233 e. The minimum absolute atomic E-state index is 0.0380. The molecule has 0 bridgehead atoms. The molecule has 8 nitrogen and oxygen atoms in total. The number of hydrogen-bond acceptors (Lipinski definition) is 8. The van der Waals surface area contributed by atoms with Gasteiger partial charge in [-0.15, -0.1) is 0 Å². The number of anilines is 1. The van der Waals surface area contributed by atoms with Gasteiger partial charge in [0.1, 0.15) is 18.2 Å². The predicted molar refractivity (Wildman–Crippen MR) is 123 cm³/mol. The standard InChI is InChI=1S/C24H24FN5O3/c1-31-21-12-20-17(11-22(21)32-10-4-8-25)24(28-15-27-20)30-9-7-16(14-30)33-23-13-26-18-5-2-3-6-19(18)29-23/h2-3,5-6,11-13,15-16H,4,7-10,14H2,1H3/t16-/m1/s1. The maximum absolute atomic E-state index is 12.5. The first-order chi connectivity index (χ1) is 16.2. The van der Waals surface area contributed by atoms with Crippen molar-refractivity contribution in [2.75, 3.05) is 38.4 Å². The van der Waals surface area contributed by atoms with E-state index in [1.807, 2.05) is 36.4 Å². The van der Waals surface area contributed by atoms with Gasteiger partial charge in [0.2, 0.25) is 5.88 Å². The van der Waals surface area contributed by atoms with Crippen LogP contribution in [0.2, 0.25) is 0 Å². The van der Waals surface area contributed by atoms with Crippen molar-refractivity contribution in [3.8, 4) is 17.4 Å². The predicted octanol–water partition coefficient (Wildman–Crippen LogP) is 3.98. The third-order valence-corrected chi connectivity index (χ3v) is 5.59. The summed E-state index contributed by atoms with van der Waals surface area (Å²) in [6.07, 6.45) is 4.32. The number of methoxy groups -OCH3 is 1. The van der Waals surface area contributed by atoms with Crippen LogP contribution >= 0.6 is 0 Å². The minimum atomic E-state index is -0.430. The molecule has 0 spiro atoms. The molecule has 0 N–H and O–H groups in total. The molecule has 1 saturated heterocycles. The van der Waals surface area contributed by atoms with Gasteiger partial charge < -0.3 is 19.1 Å². The Morgan fingerprint density at radius 2 is 1.94 bits per heavy atom. The second-order valence-electron chi connectivity index (χ2n) is 7.78. The number of para-hydroxylation sites is 2. The van der Waals surface area contributed by atoms with Crippen molar-refractivity contribution in [1.82, 2.24) is 19.9 Å². The van der Waals surface area contributed by atoms with E-state index in [1.165, 1.54) is 0 Å². The van der Waals surface area contributed by atoms with Gasteiger partial charge in [0, 0.05) is 30.8 Å². The molecule has 9 heteroatoms. The quantitative estimate of drug-likeness (QED) is 0.374. The molecule has 2 aromatic heterocycles. The number of alkyl halides is 1. The fourth-order valence-electron chi connectivity index (χ4n) is 4.00. The van der Waals surface area contributed by atoms with Gasteiger partial charge >= 0.3 is 0 Å². The average molecular weight is 449 g/mol. The van der Waals surface area contributed by atoms with Gasteiger partial charge in [0.15, 0.2) is 11.5 Å². The smallest absolute Gasteiger partial charge is 0.233 e. The number of aromatic nitrogens is 4. The Balaban J connectivity index is 1.36. The molecule has 4 aromatic rings.